The lowest BCUT2D eigenvalue weighted by molar-refractivity contribution is -0.114. The predicted octanol–water partition coefficient (Wildman–Crippen LogP) is 3.17. The number of rotatable bonds is 5. The predicted molar refractivity (Wildman–Crippen MR) is 116 cm³/mol. The van der Waals surface area contributed by atoms with Gasteiger partial charge in [-0.1, -0.05) is 0 Å². The molecule has 0 aliphatic rings. The Bertz CT molecular complexity index is 1320. The fourth-order valence-corrected chi connectivity index (χ4v) is 3.16. The molecule has 0 radical (unpaired) electrons. The van der Waals surface area contributed by atoms with E-state index in [9.17, 15) is 14.0 Å². The second-order valence-corrected chi connectivity index (χ2v) is 6.94. The molecule has 3 heterocycles. The first-order valence-electron chi connectivity index (χ1n) is 9.56. The molecule has 0 aliphatic heterocycles. The van der Waals surface area contributed by atoms with Crippen LogP contribution in [-0.4, -0.2) is 45.3 Å². The van der Waals surface area contributed by atoms with Crippen molar-refractivity contribution < 1.29 is 18.7 Å². The van der Waals surface area contributed by atoms with Gasteiger partial charge >= 0.3 is 0 Å². The molecule has 0 atom stereocenters. The SMILES string of the molecule is COc1cc(N(C)C(=O)c2cn3c(-c4ccc(NC(C)=O)nc4)cnc3cn2)ccc1F. The fourth-order valence-electron chi connectivity index (χ4n) is 3.16. The van der Waals surface area contributed by atoms with Gasteiger partial charge in [-0.3, -0.25) is 14.0 Å². The smallest absolute Gasteiger partial charge is 0.278 e. The van der Waals surface area contributed by atoms with Crippen molar-refractivity contribution in [2.75, 3.05) is 24.4 Å². The Hall–Kier alpha value is -4.34. The number of nitrogens with zero attached hydrogens (tertiary/aromatic N) is 5. The van der Waals surface area contributed by atoms with Crippen LogP contribution < -0.4 is 15.0 Å². The van der Waals surface area contributed by atoms with Crippen LogP contribution in [0.2, 0.25) is 0 Å². The van der Waals surface area contributed by atoms with Crippen molar-refractivity contribution in [1.82, 2.24) is 19.4 Å². The van der Waals surface area contributed by atoms with E-state index in [1.807, 2.05) is 0 Å². The van der Waals surface area contributed by atoms with Crippen LogP contribution >= 0.6 is 0 Å². The van der Waals surface area contributed by atoms with Crippen molar-refractivity contribution in [3.05, 3.63) is 66.6 Å². The maximum atomic E-state index is 13.7. The summed E-state index contributed by atoms with van der Waals surface area (Å²) in [6.07, 6.45) is 6.33. The second kappa shape index (κ2) is 8.42. The average molecular weight is 434 g/mol. The molecule has 0 fully saturated rings. The van der Waals surface area contributed by atoms with E-state index in [2.05, 4.69) is 20.3 Å². The van der Waals surface area contributed by atoms with Crippen LogP contribution in [-0.2, 0) is 4.79 Å². The highest BCUT2D eigenvalue weighted by Crippen LogP contribution is 2.25. The molecule has 32 heavy (non-hydrogen) atoms. The van der Waals surface area contributed by atoms with E-state index < -0.39 is 5.82 Å². The number of methoxy groups -OCH3 is 1. The van der Waals surface area contributed by atoms with Crippen molar-refractivity contribution in [2.45, 2.75) is 6.92 Å². The third-order valence-electron chi connectivity index (χ3n) is 4.81. The van der Waals surface area contributed by atoms with Crippen LogP contribution in [0.5, 0.6) is 5.75 Å². The minimum Gasteiger partial charge on any atom is -0.494 e. The standard InChI is InChI=1S/C22H19FN6O3/c1-13(30)27-20-7-4-14(9-25-20)18-10-26-21-11-24-17(12-29(18)21)22(31)28(2)15-5-6-16(23)19(8-15)32-3/h4-12H,1-3H3,(H,25,27,30). The Balaban J connectivity index is 1.66. The first-order valence-corrected chi connectivity index (χ1v) is 9.56. The summed E-state index contributed by atoms with van der Waals surface area (Å²) in [5.41, 5.74) is 2.62. The van der Waals surface area contributed by atoms with Crippen molar-refractivity contribution >= 4 is 29.0 Å². The molecule has 2 amide bonds. The van der Waals surface area contributed by atoms with Gasteiger partial charge in [0.1, 0.15) is 11.5 Å². The number of hydrogen-bond donors (Lipinski definition) is 1. The number of carbonyl (C=O) groups is 2. The van der Waals surface area contributed by atoms with E-state index >= 15 is 0 Å². The van der Waals surface area contributed by atoms with Gasteiger partial charge in [0.2, 0.25) is 5.91 Å². The number of hydrogen-bond acceptors (Lipinski definition) is 6. The summed E-state index contributed by atoms with van der Waals surface area (Å²) in [6, 6.07) is 7.63. The molecule has 0 aliphatic carbocycles. The van der Waals surface area contributed by atoms with E-state index in [0.717, 1.165) is 5.56 Å². The number of imidazole rings is 1. The highest BCUT2D eigenvalue weighted by atomic mass is 19.1. The number of amides is 2. The lowest BCUT2D eigenvalue weighted by atomic mass is 10.2. The van der Waals surface area contributed by atoms with Gasteiger partial charge in [-0.2, -0.15) is 0 Å². The number of pyridine rings is 1. The minimum atomic E-state index is -0.516. The van der Waals surface area contributed by atoms with Crippen LogP contribution in [0.3, 0.4) is 0 Å². The number of fused-ring (bicyclic) bond motifs is 1. The number of carbonyl (C=O) groups excluding carboxylic acids is 2. The fraction of sp³-hybridized carbons (Fsp3) is 0.136. The molecule has 162 valence electrons. The molecule has 1 N–H and O–H groups in total. The molecular weight excluding hydrogens is 415 g/mol. The van der Waals surface area contributed by atoms with Gasteiger partial charge in [0.25, 0.3) is 5.91 Å². The van der Waals surface area contributed by atoms with E-state index in [1.54, 1.807) is 42.2 Å². The Morgan fingerprint density at radius 1 is 1.09 bits per heavy atom. The molecule has 0 spiro atoms. The molecular formula is C22H19FN6O3. The van der Waals surface area contributed by atoms with Crippen LogP contribution in [0.15, 0.2) is 55.1 Å². The molecule has 1 aromatic carbocycles. The molecule has 4 aromatic rings. The van der Waals surface area contributed by atoms with Gasteiger partial charge < -0.3 is 15.0 Å². The maximum absolute atomic E-state index is 13.7. The topological polar surface area (TPSA) is 102 Å². The normalized spacial score (nSPS) is 10.8. The summed E-state index contributed by atoms with van der Waals surface area (Å²) >= 11 is 0. The molecule has 9 nitrogen and oxygen atoms in total. The quantitative estimate of drug-likeness (QED) is 0.518. The molecule has 10 heteroatoms. The van der Waals surface area contributed by atoms with Crippen LogP contribution in [0.1, 0.15) is 17.4 Å². The van der Waals surface area contributed by atoms with Crippen molar-refractivity contribution in [2.24, 2.45) is 0 Å². The average Bonchev–Trinajstić information content (AvgIpc) is 3.22. The van der Waals surface area contributed by atoms with E-state index in [0.29, 0.717) is 22.8 Å². The van der Waals surface area contributed by atoms with Crippen molar-refractivity contribution in [1.29, 1.82) is 0 Å². The maximum Gasteiger partial charge on any atom is 0.278 e. The number of ether oxygens (including phenoxy) is 1. The first-order chi connectivity index (χ1) is 15.4. The number of anilines is 2. The first kappa shape index (κ1) is 20.9. The summed E-state index contributed by atoms with van der Waals surface area (Å²) in [4.78, 5) is 38.3. The van der Waals surface area contributed by atoms with E-state index in [4.69, 9.17) is 4.74 Å². The summed E-state index contributed by atoms with van der Waals surface area (Å²) in [7, 11) is 2.93. The van der Waals surface area contributed by atoms with Gasteiger partial charge in [0, 0.05) is 43.7 Å². The zero-order valence-corrected chi connectivity index (χ0v) is 17.5. The molecule has 0 saturated carbocycles. The summed E-state index contributed by atoms with van der Waals surface area (Å²) in [6.45, 7) is 1.41. The summed E-state index contributed by atoms with van der Waals surface area (Å²) in [5.74, 6) is -0.643. The number of aromatic nitrogens is 4. The highest BCUT2D eigenvalue weighted by Gasteiger charge is 2.18. The monoisotopic (exact) mass is 434 g/mol. The second-order valence-electron chi connectivity index (χ2n) is 6.94. The number of halogens is 1. The zero-order chi connectivity index (χ0) is 22.8. The van der Waals surface area contributed by atoms with Gasteiger partial charge in [-0.25, -0.2) is 19.3 Å². The highest BCUT2D eigenvalue weighted by molar-refractivity contribution is 6.04. The van der Waals surface area contributed by atoms with Gasteiger partial charge in [-0.05, 0) is 24.3 Å². The third kappa shape index (κ3) is 3.97. The molecule has 4 rings (SSSR count). The van der Waals surface area contributed by atoms with Crippen molar-refractivity contribution in [3.8, 4) is 17.0 Å². The number of benzene rings is 1. The summed E-state index contributed by atoms with van der Waals surface area (Å²) < 4.78 is 20.4. The zero-order valence-electron chi connectivity index (χ0n) is 17.5. The Morgan fingerprint density at radius 3 is 2.59 bits per heavy atom. The minimum absolute atomic E-state index is 0.0395. The largest absolute Gasteiger partial charge is 0.494 e. The van der Waals surface area contributed by atoms with Crippen molar-refractivity contribution in [3.63, 3.8) is 0 Å². The molecule has 3 aromatic heterocycles. The van der Waals surface area contributed by atoms with E-state index in [1.165, 1.54) is 43.3 Å². The van der Waals surface area contributed by atoms with E-state index in [-0.39, 0.29) is 23.3 Å². The lowest BCUT2D eigenvalue weighted by Gasteiger charge is -2.18. The molecule has 0 saturated heterocycles. The molecule has 0 unspecified atom stereocenters. The van der Waals surface area contributed by atoms with Crippen LogP contribution in [0, 0.1) is 5.82 Å². The Morgan fingerprint density at radius 2 is 1.91 bits per heavy atom. The third-order valence-corrected chi connectivity index (χ3v) is 4.81. The lowest BCUT2D eigenvalue weighted by Crippen LogP contribution is -2.27. The van der Waals surface area contributed by atoms with Crippen LogP contribution in [0.25, 0.3) is 16.9 Å². The molecule has 0 bridgehead atoms. The Kier molecular flexibility index (Phi) is 5.50. The van der Waals surface area contributed by atoms with Gasteiger partial charge in [0.05, 0.1) is 25.2 Å². The van der Waals surface area contributed by atoms with Crippen LogP contribution in [0.4, 0.5) is 15.9 Å². The summed E-state index contributed by atoms with van der Waals surface area (Å²) in [5, 5.41) is 2.61. The Labute approximate surface area is 182 Å². The van der Waals surface area contributed by atoms with Gasteiger partial charge in [-0.15, -0.1) is 0 Å². The number of nitrogens with one attached hydrogen (secondary N) is 1. The van der Waals surface area contributed by atoms with Gasteiger partial charge in [0.15, 0.2) is 17.2 Å².